The Morgan fingerprint density at radius 2 is 2.12 bits per heavy atom. The Morgan fingerprint density at radius 1 is 1.50 bits per heavy atom. The Morgan fingerprint density at radius 3 is 2.69 bits per heavy atom. The minimum Gasteiger partial charge on any atom is -0.399 e. The van der Waals surface area contributed by atoms with Crippen LogP contribution in [0.3, 0.4) is 0 Å². The molecule has 16 heavy (non-hydrogen) atoms. The number of nitrogen functional groups attached to an aromatic ring is 1. The van der Waals surface area contributed by atoms with Crippen molar-refractivity contribution in [1.82, 2.24) is 4.31 Å². The molecule has 1 rings (SSSR count). The van der Waals surface area contributed by atoms with Crippen molar-refractivity contribution in [1.29, 1.82) is 0 Å². The van der Waals surface area contributed by atoms with Gasteiger partial charge in [0.1, 0.15) is 10.7 Å². The lowest BCUT2D eigenvalue weighted by molar-refractivity contribution is 0.266. The third-order valence-corrected chi connectivity index (χ3v) is 3.93. The second-order valence-electron chi connectivity index (χ2n) is 3.24. The molecule has 0 amide bonds. The van der Waals surface area contributed by atoms with Gasteiger partial charge in [0.25, 0.3) is 0 Å². The zero-order valence-corrected chi connectivity index (χ0v) is 9.54. The van der Waals surface area contributed by atoms with E-state index in [1.165, 1.54) is 13.1 Å². The van der Waals surface area contributed by atoms with Gasteiger partial charge in [-0.05, 0) is 18.2 Å². The molecule has 0 aliphatic rings. The molecule has 0 aromatic heterocycles. The van der Waals surface area contributed by atoms with E-state index in [1.807, 2.05) is 0 Å². The number of sulfonamides is 1. The lowest BCUT2D eigenvalue weighted by atomic mass is 10.3. The Balaban J connectivity index is 3.21. The summed E-state index contributed by atoms with van der Waals surface area (Å²) in [6.45, 7) is -0.434. The Hall–Kier alpha value is -1.18. The van der Waals surface area contributed by atoms with Crippen LogP contribution in [0, 0.1) is 5.82 Å². The molecule has 0 saturated carbocycles. The first kappa shape index (κ1) is 12.9. The molecule has 0 atom stereocenters. The third-order valence-electron chi connectivity index (χ3n) is 2.06. The van der Waals surface area contributed by atoms with E-state index in [1.54, 1.807) is 0 Å². The highest BCUT2D eigenvalue weighted by Crippen LogP contribution is 2.20. The van der Waals surface area contributed by atoms with Crippen LogP contribution < -0.4 is 5.73 Å². The number of nitrogens with zero attached hydrogens (tertiary/aromatic N) is 1. The van der Waals surface area contributed by atoms with Crippen LogP contribution in [0.25, 0.3) is 0 Å². The lowest BCUT2D eigenvalue weighted by Crippen LogP contribution is -2.30. The van der Waals surface area contributed by atoms with E-state index in [0.717, 1.165) is 16.4 Å². The minimum atomic E-state index is -3.94. The van der Waals surface area contributed by atoms with Gasteiger partial charge in [-0.1, -0.05) is 0 Å². The van der Waals surface area contributed by atoms with Crippen molar-refractivity contribution in [3.63, 3.8) is 0 Å². The van der Waals surface area contributed by atoms with Crippen molar-refractivity contribution < 1.29 is 17.9 Å². The number of hydrogen-bond donors (Lipinski definition) is 2. The first-order valence-corrected chi connectivity index (χ1v) is 5.96. The number of likely N-dealkylation sites (N-methyl/N-ethyl adjacent to an activating group) is 1. The zero-order chi connectivity index (χ0) is 12.3. The van der Waals surface area contributed by atoms with Crippen molar-refractivity contribution in [2.24, 2.45) is 0 Å². The van der Waals surface area contributed by atoms with Gasteiger partial charge in [-0.3, -0.25) is 0 Å². The summed E-state index contributed by atoms with van der Waals surface area (Å²) in [6, 6.07) is 3.33. The summed E-state index contributed by atoms with van der Waals surface area (Å²) in [4.78, 5) is -0.483. The summed E-state index contributed by atoms with van der Waals surface area (Å²) in [5.74, 6) is -0.862. The molecule has 0 aliphatic heterocycles. The molecule has 0 spiro atoms. The van der Waals surface area contributed by atoms with Crippen LogP contribution in [-0.4, -0.2) is 38.0 Å². The van der Waals surface area contributed by atoms with Crippen LogP contribution in [0.4, 0.5) is 10.1 Å². The fraction of sp³-hybridized carbons (Fsp3) is 0.333. The molecular weight excluding hydrogens is 235 g/mol. The van der Waals surface area contributed by atoms with Gasteiger partial charge >= 0.3 is 0 Å². The molecule has 3 N–H and O–H groups in total. The highest BCUT2D eigenvalue weighted by molar-refractivity contribution is 7.89. The fourth-order valence-electron chi connectivity index (χ4n) is 1.15. The minimum absolute atomic E-state index is 0.101. The van der Waals surface area contributed by atoms with Crippen LogP contribution >= 0.6 is 0 Å². The predicted molar refractivity (Wildman–Crippen MR) is 57.7 cm³/mol. The molecule has 1 aromatic rings. The van der Waals surface area contributed by atoms with Crippen molar-refractivity contribution in [2.45, 2.75) is 4.90 Å². The van der Waals surface area contributed by atoms with Gasteiger partial charge in [-0.25, -0.2) is 12.8 Å². The standard InChI is InChI=1S/C9H13FN2O3S/c1-12(4-5-13)16(14,15)9-6-7(11)2-3-8(9)10/h2-3,6,13H,4-5,11H2,1H3. The topological polar surface area (TPSA) is 83.6 Å². The molecule has 0 fully saturated rings. The molecule has 5 nitrogen and oxygen atoms in total. The van der Waals surface area contributed by atoms with Crippen LogP contribution in [0.15, 0.2) is 23.1 Å². The summed E-state index contributed by atoms with van der Waals surface area (Å²) in [6.07, 6.45) is 0. The molecule has 0 heterocycles. The van der Waals surface area contributed by atoms with E-state index in [0.29, 0.717) is 0 Å². The van der Waals surface area contributed by atoms with Gasteiger partial charge in [-0.2, -0.15) is 4.31 Å². The summed E-state index contributed by atoms with van der Waals surface area (Å²) in [5, 5.41) is 8.65. The van der Waals surface area contributed by atoms with Crippen molar-refractivity contribution in [2.75, 3.05) is 25.9 Å². The van der Waals surface area contributed by atoms with Crippen LogP contribution in [0.2, 0.25) is 0 Å². The Bertz CT molecular complexity index is 476. The molecule has 7 heteroatoms. The number of anilines is 1. The monoisotopic (exact) mass is 248 g/mol. The molecule has 0 radical (unpaired) electrons. The normalized spacial score (nSPS) is 12.0. The smallest absolute Gasteiger partial charge is 0.245 e. The van der Waals surface area contributed by atoms with E-state index < -0.39 is 20.7 Å². The van der Waals surface area contributed by atoms with Crippen LogP contribution in [-0.2, 0) is 10.0 Å². The first-order chi connectivity index (χ1) is 7.39. The van der Waals surface area contributed by atoms with E-state index in [-0.39, 0.29) is 18.8 Å². The number of benzene rings is 1. The summed E-state index contributed by atoms with van der Waals surface area (Å²) in [5.41, 5.74) is 5.56. The molecule has 0 aliphatic carbocycles. The van der Waals surface area contributed by atoms with Crippen LogP contribution in [0.5, 0.6) is 0 Å². The number of halogens is 1. The SMILES string of the molecule is CN(CCO)S(=O)(=O)c1cc(N)ccc1F. The lowest BCUT2D eigenvalue weighted by Gasteiger charge is -2.16. The number of aliphatic hydroxyl groups excluding tert-OH is 1. The summed E-state index contributed by atoms with van der Waals surface area (Å²) in [7, 11) is -2.68. The van der Waals surface area contributed by atoms with Gasteiger partial charge in [0.2, 0.25) is 10.0 Å². The van der Waals surface area contributed by atoms with E-state index >= 15 is 0 Å². The van der Waals surface area contributed by atoms with Gasteiger partial charge in [-0.15, -0.1) is 0 Å². The fourth-order valence-corrected chi connectivity index (χ4v) is 2.40. The van der Waals surface area contributed by atoms with Gasteiger partial charge < -0.3 is 10.8 Å². The summed E-state index contributed by atoms with van der Waals surface area (Å²) >= 11 is 0. The Labute approximate surface area is 93.3 Å². The van der Waals surface area contributed by atoms with Crippen LogP contribution in [0.1, 0.15) is 0 Å². The number of hydrogen-bond acceptors (Lipinski definition) is 4. The van der Waals surface area contributed by atoms with Gasteiger partial charge in [0.05, 0.1) is 6.61 Å². The zero-order valence-electron chi connectivity index (χ0n) is 8.72. The number of aliphatic hydroxyl groups is 1. The molecule has 0 unspecified atom stereocenters. The average molecular weight is 248 g/mol. The number of nitrogens with two attached hydrogens (primary N) is 1. The van der Waals surface area contributed by atoms with Crippen molar-refractivity contribution >= 4 is 15.7 Å². The maximum absolute atomic E-state index is 13.3. The maximum atomic E-state index is 13.3. The van der Waals surface area contributed by atoms with E-state index in [9.17, 15) is 12.8 Å². The largest absolute Gasteiger partial charge is 0.399 e. The molecule has 0 saturated heterocycles. The third kappa shape index (κ3) is 2.49. The first-order valence-electron chi connectivity index (χ1n) is 4.52. The predicted octanol–water partition coefficient (Wildman–Crippen LogP) is 0.0207. The van der Waals surface area contributed by atoms with Crippen molar-refractivity contribution in [3.05, 3.63) is 24.0 Å². The Kier molecular flexibility index (Phi) is 3.84. The second kappa shape index (κ2) is 4.77. The quantitative estimate of drug-likeness (QED) is 0.736. The van der Waals surface area contributed by atoms with Gasteiger partial charge in [0, 0.05) is 19.3 Å². The second-order valence-corrected chi connectivity index (χ2v) is 5.25. The molecular formula is C9H13FN2O3S. The van der Waals surface area contributed by atoms with Gasteiger partial charge in [0.15, 0.2) is 0 Å². The number of rotatable bonds is 4. The highest BCUT2D eigenvalue weighted by atomic mass is 32.2. The molecule has 90 valence electrons. The summed E-state index contributed by atoms with van der Waals surface area (Å²) < 4.78 is 37.8. The molecule has 1 aromatic carbocycles. The highest BCUT2D eigenvalue weighted by Gasteiger charge is 2.24. The maximum Gasteiger partial charge on any atom is 0.245 e. The van der Waals surface area contributed by atoms with E-state index in [4.69, 9.17) is 10.8 Å². The van der Waals surface area contributed by atoms with E-state index in [2.05, 4.69) is 0 Å². The average Bonchev–Trinajstić information content (AvgIpc) is 2.22. The molecule has 0 bridgehead atoms. The van der Waals surface area contributed by atoms with Crippen molar-refractivity contribution in [3.8, 4) is 0 Å².